The topological polar surface area (TPSA) is 61.2 Å². The summed E-state index contributed by atoms with van der Waals surface area (Å²) in [5.41, 5.74) is 2.96. The van der Waals surface area contributed by atoms with Gasteiger partial charge in [-0.25, -0.2) is 9.37 Å². The van der Waals surface area contributed by atoms with Gasteiger partial charge in [-0.3, -0.25) is 14.2 Å². The van der Waals surface area contributed by atoms with Crippen molar-refractivity contribution in [3.63, 3.8) is 0 Å². The van der Waals surface area contributed by atoms with Gasteiger partial charge in [-0.05, 0) is 52.0 Å². The first-order chi connectivity index (χ1) is 16.5. The van der Waals surface area contributed by atoms with E-state index in [2.05, 4.69) is 20.9 Å². The largest absolute Gasteiger partial charge is 0.459 e. The van der Waals surface area contributed by atoms with Crippen molar-refractivity contribution in [3.05, 3.63) is 123 Å². The van der Waals surface area contributed by atoms with Crippen molar-refractivity contribution in [2.45, 2.75) is 26.0 Å². The SMILES string of the molecule is O=C(Cn1c(-c2ccccc2)c(Br)nc(CCc2ccc(F)cc2)c1=O)OCc1ccccc1. The summed E-state index contributed by atoms with van der Waals surface area (Å²) >= 11 is 3.50. The second kappa shape index (κ2) is 11.0. The molecule has 0 N–H and O–H groups in total. The molecule has 4 rings (SSSR count). The number of carbonyl (C=O) groups is 1. The van der Waals surface area contributed by atoms with Gasteiger partial charge in [0.2, 0.25) is 0 Å². The number of nitrogens with zero attached hydrogens (tertiary/aromatic N) is 2. The molecule has 0 aliphatic heterocycles. The Morgan fingerprint density at radius 3 is 2.21 bits per heavy atom. The minimum absolute atomic E-state index is 0.124. The first-order valence-electron chi connectivity index (χ1n) is 10.8. The summed E-state index contributed by atoms with van der Waals surface area (Å²) in [7, 11) is 0. The molecule has 1 heterocycles. The molecule has 1 aromatic heterocycles. The molecule has 5 nitrogen and oxygen atoms in total. The zero-order chi connectivity index (χ0) is 23.9. The van der Waals surface area contributed by atoms with Crippen LogP contribution in [-0.4, -0.2) is 15.5 Å². The highest BCUT2D eigenvalue weighted by molar-refractivity contribution is 9.10. The Labute approximate surface area is 205 Å². The third kappa shape index (κ3) is 5.85. The first-order valence-corrected chi connectivity index (χ1v) is 11.6. The molecular weight excluding hydrogens is 499 g/mol. The lowest BCUT2D eigenvalue weighted by atomic mass is 10.1. The van der Waals surface area contributed by atoms with Gasteiger partial charge in [0.1, 0.15) is 29.3 Å². The molecule has 7 heteroatoms. The van der Waals surface area contributed by atoms with Gasteiger partial charge < -0.3 is 4.74 Å². The molecular formula is C27H22BrFN2O3. The molecule has 0 aliphatic rings. The van der Waals surface area contributed by atoms with Crippen molar-refractivity contribution in [3.8, 4) is 11.3 Å². The van der Waals surface area contributed by atoms with Crippen LogP contribution in [0, 0.1) is 5.82 Å². The van der Waals surface area contributed by atoms with Gasteiger partial charge in [0, 0.05) is 5.56 Å². The normalized spacial score (nSPS) is 10.8. The number of rotatable bonds is 8. The number of hydrogen-bond acceptors (Lipinski definition) is 4. The average molecular weight is 521 g/mol. The predicted octanol–water partition coefficient (Wildman–Crippen LogP) is 5.34. The summed E-state index contributed by atoms with van der Waals surface area (Å²) in [6.45, 7) is -0.126. The summed E-state index contributed by atoms with van der Waals surface area (Å²) in [5.74, 6) is -0.834. The van der Waals surface area contributed by atoms with Crippen LogP contribution in [0.1, 0.15) is 16.8 Å². The van der Waals surface area contributed by atoms with E-state index in [9.17, 15) is 14.0 Å². The third-order valence-electron chi connectivity index (χ3n) is 5.33. The minimum Gasteiger partial charge on any atom is -0.459 e. The summed E-state index contributed by atoms with van der Waals surface area (Å²) in [5, 5.41) is 0. The highest BCUT2D eigenvalue weighted by Crippen LogP contribution is 2.26. The smallest absolute Gasteiger partial charge is 0.326 e. The van der Waals surface area contributed by atoms with Crippen LogP contribution in [0.25, 0.3) is 11.3 Å². The standard InChI is InChI=1S/C27H22BrFN2O3/c28-26-25(21-9-5-2-6-10-21)31(17-24(32)34-18-20-7-3-1-4-8-20)27(33)23(30-26)16-13-19-11-14-22(29)15-12-19/h1-12,14-15H,13,16-18H2. The lowest BCUT2D eigenvalue weighted by Gasteiger charge is -2.16. The molecule has 0 radical (unpaired) electrons. The van der Waals surface area contributed by atoms with Crippen molar-refractivity contribution in [2.75, 3.05) is 0 Å². The van der Waals surface area contributed by atoms with Crippen LogP contribution in [0.15, 0.2) is 94.3 Å². The Hall–Kier alpha value is -3.58. The molecule has 0 saturated heterocycles. The molecule has 34 heavy (non-hydrogen) atoms. The highest BCUT2D eigenvalue weighted by atomic mass is 79.9. The Kier molecular flexibility index (Phi) is 7.65. The Bertz CT molecular complexity index is 1320. The highest BCUT2D eigenvalue weighted by Gasteiger charge is 2.19. The van der Waals surface area contributed by atoms with E-state index in [1.165, 1.54) is 16.7 Å². The summed E-state index contributed by atoms with van der Waals surface area (Å²) in [4.78, 5) is 30.6. The van der Waals surface area contributed by atoms with Crippen molar-refractivity contribution >= 4 is 21.9 Å². The molecule has 0 atom stereocenters. The van der Waals surface area contributed by atoms with Crippen LogP contribution in [0.4, 0.5) is 4.39 Å². The van der Waals surface area contributed by atoms with E-state index in [0.29, 0.717) is 28.8 Å². The lowest BCUT2D eigenvalue weighted by Crippen LogP contribution is -2.31. The van der Waals surface area contributed by atoms with Crippen LogP contribution in [0.2, 0.25) is 0 Å². The zero-order valence-corrected chi connectivity index (χ0v) is 19.9. The Morgan fingerprint density at radius 2 is 1.53 bits per heavy atom. The predicted molar refractivity (Wildman–Crippen MR) is 132 cm³/mol. The second-order valence-electron chi connectivity index (χ2n) is 7.73. The maximum absolute atomic E-state index is 13.4. The number of aryl methyl sites for hydroxylation is 2. The van der Waals surface area contributed by atoms with Gasteiger partial charge in [-0.1, -0.05) is 72.8 Å². The minimum atomic E-state index is -0.522. The van der Waals surface area contributed by atoms with Crippen LogP contribution in [0.5, 0.6) is 0 Å². The van der Waals surface area contributed by atoms with Crippen LogP contribution >= 0.6 is 15.9 Å². The van der Waals surface area contributed by atoms with Crippen LogP contribution < -0.4 is 5.56 Å². The Balaban J connectivity index is 1.62. The van der Waals surface area contributed by atoms with Crippen molar-refractivity contribution in [1.29, 1.82) is 0 Å². The summed E-state index contributed by atoms with van der Waals surface area (Å²) < 4.78 is 20.5. The number of aromatic nitrogens is 2. The molecule has 0 fully saturated rings. The molecule has 3 aromatic carbocycles. The van der Waals surface area contributed by atoms with E-state index in [1.807, 2.05) is 60.7 Å². The van der Waals surface area contributed by atoms with E-state index in [1.54, 1.807) is 12.1 Å². The van der Waals surface area contributed by atoms with Gasteiger partial charge in [0.25, 0.3) is 5.56 Å². The monoisotopic (exact) mass is 520 g/mol. The summed E-state index contributed by atoms with van der Waals surface area (Å²) in [6, 6.07) is 24.8. The van der Waals surface area contributed by atoms with E-state index < -0.39 is 5.97 Å². The third-order valence-corrected chi connectivity index (χ3v) is 5.88. The molecule has 0 unspecified atom stereocenters. The van der Waals surface area contributed by atoms with Crippen molar-refractivity contribution < 1.29 is 13.9 Å². The quantitative estimate of drug-likeness (QED) is 0.294. The van der Waals surface area contributed by atoms with Gasteiger partial charge >= 0.3 is 5.97 Å². The van der Waals surface area contributed by atoms with Gasteiger partial charge in [-0.15, -0.1) is 0 Å². The van der Waals surface area contributed by atoms with Gasteiger partial charge in [-0.2, -0.15) is 0 Å². The first kappa shape index (κ1) is 23.6. The number of halogens is 2. The molecule has 0 amide bonds. The average Bonchev–Trinajstić information content (AvgIpc) is 2.86. The molecule has 0 saturated carbocycles. The van der Waals surface area contributed by atoms with E-state index in [-0.39, 0.29) is 24.5 Å². The van der Waals surface area contributed by atoms with E-state index >= 15 is 0 Å². The Morgan fingerprint density at radius 1 is 0.882 bits per heavy atom. The van der Waals surface area contributed by atoms with Crippen molar-refractivity contribution in [1.82, 2.24) is 9.55 Å². The van der Waals surface area contributed by atoms with Crippen molar-refractivity contribution in [2.24, 2.45) is 0 Å². The molecule has 0 bridgehead atoms. The number of carbonyl (C=O) groups excluding carboxylic acids is 1. The van der Waals surface area contributed by atoms with Crippen LogP contribution in [0.3, 0.4) is 0 Å². The fourth-order valence-corrected chi connectivity index (χ4v) is 4.26. The maximum atomic E-state index is 13.4. The number of ether oxygens (including phenoxy) is 1. The summed E-state index contributed by atoms with van der Waals surface area (Å²) in [6.07, 6.45) is 0.856. The van der Waals surface area contributed by atoms with E-state index in [0.717, 1.165) is 16.7 Å². The zero-order valence-electron chi connectivity index (χ0n) is 18.3. The van der Waals surface area contributed by atoms with E-state index in [4.69, 9.17) is 4.74 Å². The number of esters is 1. The van der Waals surface area contributed by atoms with Gasteiger partial charge in [0.05, 0.1) is 5.69 Å². The number of benzene rings is 3. The van der Waals surface area contributed by atoms with Gasteiger partial charge in [0.15, 0.2) is 0 Å². The fraction of sp³-hybridized carbons (Fsp3) is 0.148. The molecule has 172 valence electrons. The van der Waals surface area contributed by atoms with Crippen LogP contribution in [-0.2, 0) is 35.5 Å². The molecule has 0 spiro atoms. The second-order valence-corrected chi connectivity index (χ2v) is 8.48. The lowest BCUT2D eigenvalue weighted by molar-refractivity contribution is -0.145. The molecule has 4 aromatic rings. The molecule has 0 aliphatic carbocycles. The fourth-order valence-electron chi connectivity index (χ4n) is 3.60. The maximum Gasteiger partial charge on any atom is 0.326 e. The number of hydrogen-bond donors (Lipinski definition) is 0.